The van der Waals surface area contributed by atoms with Crippen LogP contribution in [-0.2, 0) is 0 Å². The minimum absolute atomic E-state index is 0.00234. The predicted molar refractivity (Wildman–Crippen MR) is 95.9 cm³/mol. The Balaban J connectivity index is 1.39. The Morgan fingerprint density at radius 1 is 1.16 bits per heavy atom. The molecule has 5 nitrogen and oxygen atoms in total. The molecular formula is C20H23N3O2. The number of carbonyl (C=O) groups is 1. The summed E-state index contributed by atoms with van der Waals surface area (Å²) >= 11 is 0. The topological polar surface area (TPSA) is 54.5 Å². The molecule has 3 aliphatic rings. The van der Waals surface area contributed by atoms with Crippen molar-refractivity contribution in [3.63, 3.8) is 0 Å². The van der Waals surface area contributed by atoms with Crippen LogP contribution in [0.1, 0.15) is 28.8 Å². The number of ether oxygens (including phenoxy) is 1. The molecule has 3 aliphatic heterocycles. The van der Waals surface area contributed by atoms with Crippen molar-refractivity contribution in [2.75, 3.05) is 19.6 Å². The van der Waals surface area contributed by atoms with Gasteiger partial charge in [0.25, 0.3) is 5.91 Å². The Morgan fingerprint density at radius 2 is 1.92 bits per heavy atom. The first-order valence-corrected chi connectivity index (χ1v) is 8.90. The van der Waals surface area contributed by atoms with Crippen LogP contribution in [0, 0.1) is 12.8 Å². The molecule has 0 spiro atoms. The Bertz CT molecular complexity index is 752. The smallest absolute Gasteiger partial charge is 0.251 e. The standard InChI is InChI=1S/C20H23N3O2/c1-14-10-18(12-21-11-14)25-17-4-2-16(3-5-17)20(24)22-19-13-23-8-6-15(19)7-9-23/h2-5,10-12,15,19H,6-9,13H2,1H3,(H,22,24). The van der Waals surface area contributed by atoms with E-state index < -0.39 is 0 Å². The van der Waals surface area contributed by atoms with Crippen LogP contribution in [-0.4, -0.2) is 41.5 Å². The quantitative estimate of drug-likeness (QED) is 0.932. The third kappa shape index (κ3) is 3.66. The number of amides is 1. The van der Waals surface area contributed by atoms with E-state index in [1.54, 1.807) is 12.4 Å². The fraction of sp³-hybridized carbons (Fsp3) is 0.400. The number of fused-ring (bicyclic) bond motifs is 3. The fourth-order valence-corrected chi connectivity index (χ4v) is 3.77. The van der Waals surface area contributed by atoms with Gasteiger partial charge >= 0.3 is 0 Å². The highest BCUT2D eigenvalue weighted by Crippen LogP contribution is 2.28. The highest BCUT2D eigenvalue weighted by molar-refractivity contribution is 5.94. The number of aryl methyl sites for hydroxylation is 1. The highest BCUT2D eigenvalue weighted by Gasteiger charge is 2.34. The second kappa shape index (κ2) is 6.84. The van der Waals surface area contributed by atoms with Crippen LogP contribution in [0.3, 0.4) is 0 Å². The molecule has 5 rings (SSSR count). The van der Waals surface area contributed by atoms with Gasteiger partial charge in [0, 0.05) is 24.3 Å². The summed E-state index contributed by atoms with van der Waals surface area (Å²) in [6.45, 7) is 5.31. The number of piperidine rings is 3. The van der Waals surface area contributed by atoms with Gasteiger partial charge in [-0.25, -0.2) is 0 Å². The summed E-state index contributed by atoms with van der Waals surface area (Å²) in [7, 11) is 0. The summed E-state index contributed by atoms with van der Waals surface area (Å²) in [5.74, 6) is 2.03. The molecule has 25 heavy (non-hydrogen) atoms. The number of aromatic nitrogens is 1. The number of pyridine rings is 1. The molecule has 1 amide bonds. The van der Waals surface area contributed by atoms with E-state index in [1.165, 1.54) is 25.9 Å². The highest BCUT2D eigenvalue weighted by atomic mass is 16.5. The molecule has 130 valence electrons. The number of hydrogen-bond donors (Lipinski definition) is 1. The van der Waals surface area contributed by atoms with Crippen LogP contribution in [0.4, 0.5) is 0 Å². The largest absolute Gasteiger partial charge is 0.456 e. The van der Waals surface area contributed by atoms with Crippen LogP contribution in [0.15, 0.2) is 42.7 Å². The monoisotopic (exact) mass is 337 g/mol. The molecular weight excluding hydrogens is 314 g/mol. The Morgan fingerprint density at radius 3 is 2.56 bits per heavy atom. The van der Waals surface area contributed by atoms with Gasteiger partial charge in [-0.3, -0.25) is 9.78 Å². The van der Waals surface area contributed by atoms with Crippen molar-refractivity contribution in [3.8, 4) is 11.5 Å². The minimum atomic E-state index is 0.00234. The van der Waals surface area contributed by atoms with Crippen molar-refractivity contribution in [2.45, 2.75) is 25.8 Å². The van der Waals surface area contributed by atoms with Gasteiger partial charge in [0.2, 0.25) is 0 Å². The SMILES string of the molecule is Cc1cncc(Oc2ccc(C(=O)NC3CN4CCC3CC4)cc2)c1. The lowest BCUT2D eigenvalue weighted by Gasteiger charge is -2.44. The first-order chi connectivity index (χ1) is 12.2. The molecule has 3 fully saturated rings. The summed E-state index contributed by atoms with van der Waals surface area (Å²) in [5.41, 5.74) is 1.72. The van der Waals surface area contributed by atoms with Gasteiger partial charge in [0.1, 0.15) is 11.5 Å². The molecule has 0 saturated carbocycles. The first kappa shape index (κ1) is 16.1. The maximum Gasteiger partial charge on any atom is 0.251 e. The third-order valence-electron chi connectivity index (χ3n) is 5.17. The van der Waals surface area contributed by atoms with Crippen molar-refractivity contribution < 1.29 is 9.53 Å². The van der Waals surface area contributed by atoms with Crippen molar-refractivity contribution in [2.24, 2.45) is 5.92 Å². The van der Waals surface area contributed by atoms with Crippen molar-refractivity contribution >= 4 is 5.91 Å². The minimum Gasteiger partial charge on any atom is -0.456 e. The maximum absolute atomic E-state index is 12.5. The number of benzene rings is 1. The number of nitrogens with one attached hydrogen (secondary N) is 1. The average molecular weight is 337 g/mol. The lowest BCUT2D eigenvalue weighted by Crippen LogP contribution is -2.57. The lowest BCUT2D eigenvalue weighted by atomic mass is 9.84. The third-order valence-corrected chi connectivity index (χ3v) is 5.17. The molecule has 1 aromatic heterocycles. The van der Waals surface area contributed by atoms with Gasteiger partial charge in [-0.1, -0.05) is 0 Å². The van der Waals surface area contributed by atoms with Crippen LogP contribution < -0.4 is 10.1 Å². The second-order valence-corrected chi connectivity index (χ2v) is 7.04. The number of rotatable bonds is 4. The van der Waals surface area contributed by atoms with E-state index in [4.69, 9.17) is 4.74 Å². The molecule has 3 saturated heterocycles. The molecule has 0 aliphatic carbocycles. The molecule has 1 atom stereocenters. The molecule has 1 N–H and O–H groups in total. The second-order valence-electron chi connectivity index (χ2n) is 7.04. The van der Waals surface area contributed by atoms with Gasteiger partial charge in [0.05, 0.1) is 6.20 Å². The zero-order valence-corrected chi connectivity index (χ0v) is 14.4. The molecule has 2 bridgehead atoms. The van der Waals surface area contributed by atoms with E-state index in [-0.39, 0.29) is 11.9 Å². The van der Waals surface area contributed by atoms with Gasteiger partial charge in [-0.15, -0.1) is 0 Å². The molecule has 1 aromatic carbocycles. The van der Waals surface area contributed by atoms with E-state index >= 15 is 0 Å². The molecule has 4 heterocycles. The summed E-state index contributed by atoms with van der Waals surface area (Å²) in [6.07, 6.45) is 5.86. The number of nitrogens with zero attached hydrogens (tertiary/aromatic N) is 2. The normalized spacial score (nSPS) is 24.8. The molecule has 0 radical (unpaired) electrons. The number of hydrogen-bond acceptors (Lipinski definition) is 4. The zero-order chi connectivity index (χ0) is 17.2. The van der Waals surface area contributed by atoms with Crippen LogP contribution in [0.2, 0.25) is 0 Å². The van der Waals surface area contributed by atoms with Crippen molar-refractivity contribution in [1.82, 2.24) is 15.2 Å². The van der Waals surface area contributed by atoms with Gasteiger partial charge in [-0.05, 0) is 74.7 Å². The zero-order valence-electron chi connectivity index (χ0n) is 14.4. The Kier molecular flexibility index (Phi) is 4.40. The summed E-state index contributed by atoms with van der Waals surface area (Å²) in [4.78, 5) is 19.1. The van der Waals surface area contributed by atoms with E-state index in [9.17, 15) is 4.79 Å². The summed E-state index contributed by atoms with van der Waals surface area (Å²) < 4.78 is 5.78. The molecule has 5 heteroatoms. The Hall–Kier alpha value is -2.40. The molecule has 2 aromatic rings. The van der Waals surface area contributed by atoms with Crippen molar-refractivity contribution in [1.29, 1.82) is 0 Å². The van der Waals surface area contributed by atoms with Crippen molar-refractivity contribution in [3.05, 3.63) is 53.9 Å². The average Bonchev–Trinajstić information content (AvgIpc) is 2.63. The van der Waals surface area contributed by atoms with Crippen LogP contribution >= 0.6 is 0 Å². The van der Waals surface area contributed by atoms with Gasteiger partial charge in [0.15, 0.2) is 0 Å². The predicted octanol–water partition coefficient (Wildman–Crippen LogP) is 3.01. The van der Waals surface area contributed by atoms with E-state index in [1.807, 2.05) is 37.3 Å². The van der Waals surface area contributed by atoms with E-state index in [0.717, 1.165) is 12.1 Å². The van der Waals surface area contributed by atoms with Gasteiger partial charge in [-0.2, -0.15) is 0 Å². The molecule has 1 unspecified atom stereocenters. The van der Waals surface area contributed by atoms with E-state index in [0.29, 0.717) is 23.0 Å². The number of carbonyl (C=O) groups excluding carboxylic acids is 1. The van der Waals surface area contributed by atoms with Gasteiger partial charge < -0.3 is 15.0 Å². The maximum atomic E-state index is 12.5. The summed E-state index contributed by atoms with van der Waals surface area (Å²) in [5, 5.41) is 3.21. The Labute approximate surface area is 148 Å². The lowest BCUT2D eigenvalue weighted by molar-refractivity contribution is 0.0620. The first-order valence-electron chi connectivity index (χ1n) is 8.90. The summed E-state index contributed by atoms with van der Waals surface area (Å²) in [6, 6.07) is 9.50. The fourth-order valence-electron chi connectivity index (χ4n) is 3.77. The van der Waals surface area contributed by atoms with Crippen LogP contribution in [0.5, 0.6) is 11.5 Å². The van der Waals surface area contributed by atoms with Crippen LogP contribution in [0.25, 0.3) is 0 Å². The van der Waals surface area contributed by atoms with E-state index in [2.05, 4.69) is 15.2 Å².